The summed E-state index contributed by atoms with van der Waals surface area (Å²) in [6.45, 7) is 5.19. The van der Waals surface area contributed by atoms with Crippen LogP contribution in [0.15, 0.2) is 63.6 Å². The lowest BCUT2D eigenvalue weighted by Gasteiger charge is -2.28. The first-order valence-corrected chi connectivity index (χ1v) is 11.4. The van der Waals surface area contributed by atoms with Gasteiger partial charge in [-0.2, -0.15) is 0 Å². The summed E-state index contributed by atoms with van der Waals surface area (Å²) in [6.07, 6.45) is 2.36. The summed E-state index contributed by atoms with van der Waals surface area (Å²) < 4.78 is 11.9. The molecule has 0 radical (unpaired) electrons. The number of rotatable bonds is 8. The monoisotopic (exact) mass is 483 g/mol. The van der Waals surface area contributed by atoms with Gasteiger partial charge in [-0.3, -0.25) is 9.69 Å². The zero-order valence-electron chi connectivity index (χ0n) is 17.5. The average molecular weight is 484 g/mol. The van der Waals surface area contributed by atoms with Crippen LogP contribution in [0.1, 0.15) is 41.9 Å². The number of benzene rings is 2. The van der Waals surface area contributed by atoms with Gasteiger partial charge >= 0.3 is 0 Å². The smallest absolute Gasteiger partial charge is 0.273 e. The molecule has 1 atom stereocenters. The van der Waals surface area contributed by atoms with Crippen molar-refractivity contribution in [3.05, 3.63) is 70.3 Å². The Balaban J connectivity index is 1.44. The molecule has 2 aromatic carbocycles. The predicted molar refractivity (Wildman–Crippen MR) is 123 cm³/mol. The third kappa shape index (κ3) is 5.35. The van der Waals surface area contributed by atoms with E-state index in [1.165, 1.54) is 18.4 Å². The molecule has 1 amide bonds. The summed E-state index contributed by atoms with van der Waals surface area (Å²) in [5.41, 5.74) is 2.32. The Labute approximate surface area is 190 Å². The van der Waals surface area contributed by atoms with Crippen molar-refractivity contribution >= 4 is 21.8 Å². The molecule has 0 spiro atoms. The van der Waals surface area contributed by atoms with Gasteiger partial charge < -0.3 is 14.6 Å². The second kappa shape index (κ2) is 10.1. The maximum absolute atomic E-state index is 12.8. The highest BCUT2D eigenvalue weighted by atomic mass is 79.9. The molecule has 0 unspecified atom stereocenters. The number of aromatic nitrogens is 1. The molecule has 0 bridgehead atoms. The van der Waals surface area contributed by atoms with Crippen LogP contribution in [0.25, 0.3) is 11.3 Å². The topological polar surface area (TPSA) is 67.6 Å². The van der Waals surface area contributed by atoms with Gasteiger partial charge in [0.25, 0.3) is 5.91 Å². The number of ether oxygens (including phenoxy) is 1. The molecule has 162 valence electrons. The lowest BCUT2D eigenvalue weighted by Crippen LogP contribution is -2.36. The first-order valence-electron chi connectivity index (χ1n) is 10.6. The molecular weight excluding hydrogens is 458 g/mol. The molecule has 1 aromatic heterocycles. The number of hydrogen-bond donors (Lipinski definition) is 1. The quantitative estimate of drug-likeness (QED) is 0.484. The van der Waals surface area contributed by atoms with E-state index in [4.69, 9.17) is 9.26 Å². The van der Waals surface area contributed by atoms with Crippen LogP contribution in [0.2, 0.25) is 0 Å². The molecule has 1 aliphatic rings. The second-order valence-corrected chi connectivity index (χ2v) is 8.47. The van der Waals surface area contributed by atoms with Gasteiger partial charge in [0.2, 0.25) is 0 Å². The van der Waals surface area contributed by atoms with Crippen molar-refractivity contribution in [1.29, 1.82) is 0 Å². The summed E-state index contributed by atoms with van der Waals surface area (Å²) >= 11 is 3.42. The van der Waals surface area contributed by atoms with Crippen LogP contribution in [-0.4, -0.2) is 42.2 Å². The fraction of sp³-hybridized carbons (Fsp3) is 0.333. The largest absolute Gasteiger partial charge is 0.494 e. The zero-order chi connectivity index (χ0) is 21.6. The fourth-order valence-electron chi connectivity index (χ4n) is 3.88. The Morgan fingerprint density at radius 2 is 1.87 bits per heavy atom. The number of halogens is 1. The van der Waals surface area contributed by atoms with Crippen LogP contribution in [0.3, 0.4) is 0 Å². The van der Waals surface area contributed by atoms with Crippen LogP contribution >= 0.6 is 15.9 Å². The number of carbonyl (C=O) groups excluding carboxylic acids is 1. The summed E-state index contributed by atoms with van der Waals surface area (Å²) in [5, 5.41) is 7.01. The Morgan fingerprint density at radius 3 is 2.55 bits per heavy atom. The predicted octanol–water partition coefficient (Wildman–Crippen LogP) is 5.07. The van der Waals surface area contributed by atoms with Crippen LogP contribution in [0, 0.1) is 0 Å². The van der Waals surface area contributed by atoms with Gasteiger partial charge in [-0.25, -0.2) is 0 Å². The summed E-state index contributed by atoms with van der Waals surface area (Å²) in [5.74, 6) is 1.20. The van der Waals surface area contributed by atoms with Crippen molar-refractivity contribution < 1.29 is 14.1 Å². The second-order valence-electron chi connectivity index (χ2n) is 7.55. The Kier molecular flexibility index (Phi) is 7.04. The van der Waals surface area contributed by atoms with E-state index in [0.29, 0.717) is 18.9 Å². The standard InChI is InChI=1S/C24H26BrN3O3/c1-2-30-20-11-7-17(8-12-20)22(28-13-3-4-14-28)16-26-24(29)21-15-23(31-27-21)18-5-9-19(25)10-6-18/h5-12,15,22H,2-4,13-14,16H2,1H3,(H,26,29)/t22-/m1/s1. The Bertz CT molecular complexity index is 996. The van der Waals surface area contributed by atoms with Gasteiger partial charge in [-0.1, -0.05) is 45.4 Å². The van der Waals surface area contributed by atoms with E-state index in [0.717, 1.165) is 28.9 Å². The molecule has 6 nitrogen and oxygen atoms in total. The number of amides is 1. The van der Waals surface area contributed by atoms with E-state index in [-0.39, 0.29) is 17.6 Å². The molecule has 1 saturated heterocycles. The lowest BCUT2D eigenvalue weighted by molar-refractivity contribution is 0.0929. The third-order valence-electron chi connectivity index (χ3n) is 5.48. The van der Waals surface area contributed by atoms with E-state index in [9.17, 15) is 4.79 Å². The molecule has 31 heavy (non-hydrogen) atoms. The summed E-state index contributed by atoms with van der Waals surface area (Å²) in [6, 6.07) is 17.6. The van der Waals surface area contributed by atoms with Crippen LogP contribution < -0.4 is 10.1 Å². The van der Waals surface area contributed by atoms with Crippen molar-refractivity contribution in [2.24, 2.45) is 0 Å². The van der Waals surface area contributed by atoms with Crippen LogP contribution in [0.4, 0.5) is 0 Å². The maximum Gasteiger partial charge on any atom is 0.273 e. The number of carbonyl (C=O) groups is 1. The van der Waals surface area contributed by atoms with Gasteiger partial charge in [0.15, 0.2) is 11.5 Å². The lowest BCUT2D eigenvalue weighted by atomic mass is 10.1. The number of hydrogen-bond acceptors (Lipinski definition) is 5. The van der Waals surface area contributed by atoms with E-state index < -0.39 is 0 Å². The molecule has 2 heterocycles. The number of nitrogens with one attached hydrogen (secondary N) is 1. The van der Waals surface area contributed by atoms with Crippen LogP contribution in [0.5, 0.6) is 5.75 Å². The third-order valence-corrected chi connectivity index (χ3v) is 6.01. The summed E-state index contributed by atoms with van der Waals surface area (Å²) in [7, 11) is 0. The van der Waals surface area contributed by atoms with E-state index >= 15 is 0 Å². The zero-order valence-corrected chi connectivity index (χ0v) is 19.1. The van der Waals surface area contributed by atoms with E-state index in [1.54, 1.807) is 6.07 Å². The normalized spacial score (nSPS) is 15.0. The van der Waals surface area contributed by atoms with Crippen molar-refractivity contribution in [3.8, 4) is 17.1 Å². The highest BCUT2D eigenvalue weighted by Crippen LogP contribution is 2.27. The minimum atomic E-state index is -0.234. The van der Waals surface area contributed by atoms with Crippen LogP contribution in [-0.2, 0) is 0 Å². The highest BCUT2D eigenvalue weighted by molar-refractivity contribution is 9.10. The van der Waals surface area contributed by atoms with Gasteiger partial charge in [0.1, 0.15) is 5.75 Å². The van der Waals surface area contributed by atoms with Gasteiger partial charge in [-0.05, 0) is 62.7 Å². The minimum absolute atomic E-state index is 0.111. The number of nitrogens with zero attached hydrogens (tertiary/aromatic N) is 2. The molecule has 4 rings (SSSR count). The minimum Gasteiger partial charge on any atom is -0.494 e. The molecule has 7 heteroatoms. The molecular formula is C24H26BrN3O3. The van der Waals surface area contributed by atoms with Crippen molar-refractivity contribution in [1.82, 2.24) is 15.4 Å². The first-order chi connectivity index (χ1) is 15.1. The number of likely N-dealkylation sites (tertiary alicyclic amines) is 1. The Hall–Kier alpha value is -2.64. The fourth-order valence-corrected chi connectivity index (χ4v) is 4.14. The van der Waals surface area contributed by atoms with Crippen molar-refractivity contribution in [2.75, 3.05) is 26.2 Å². The average Bonchev–Trinajstić information content (AvgIpc) is 3.48. The van der Waals surface area contributed by atoms with E-state index in [2.05, 4.69) is 43.4 Å². The molecule has 1 fully saturated rings. The molecule has 0 saturated carbocycles. The van der Waals surface area contributed by atoms with Gasteiger partial charge in [-0.15, -0.1) is 0 Å². The Morgan fingerprint density at radius 1 is 1.16 bits per heavy atom. The summed E-state index contributed by atoms with van der Waals surface area (Å²) in [4.78, 5) is 15.2. The van der Waals surface area contributed by atoms with Crippen molar-refractivity contribution in [2.45, 2.75) is 25.8 Å². The van der Waals surface area contributed by atoms with Crippen molar-refractivity contribution in [3.63, 3.8) is 0 Å². The molecule has 1 aliphatic heterocycles. The maximum atomic E-state index is 12.8. The highest BCUT2D eigenvalue weighted by Gasteiger charge is 2.25. The SMILES string of the molecule is CCOc1ccc([C@@H](CNC(=O)c2cc(-c3ccc(Br)cc3)on2)N2CCCC2)cc1. The molecule has 0 aliphatic carbocycles. The molecule has 1 N–H and O–H groups in total. The molecule has 3 aromatic rings. The first kappa shape index (κ1) is 21.6. The van der Waals surface area contributed by atoms with Gasteiger partial charge in [0, 0.05) is 22.6 Å². The van der Waals surface area contributed by atoms with Gasteiger partial charge in [0.05, 0.1) is 12.6 Å². The van der Waals surface area contributed by atoms with E-state index in [1.807, 2.05) is 43.3 Å².